The SMILES string of the molecule is CCCCN(C)S(=O)(=O)CCCCN. The van der Waals surface area contributed by atoms with Crippen molar-refractivity contribution in [1.82, 2.24) is 4.31 Å². The van der Waals surface area contributed by atoms with Gasteiger partial charge in [-0.1, -0.05) is 13.3 Å². The predicted molar refractivity (Wildman–Crippen MR) is 59.6 cm³/mol. The lowest BCUT2D eigenvalue weighted by atomic mass is 10.3. The Morgan fingerprint density at radius 2 is 1.86 bits per heavy atom. The molecule has 0 atom stereocenters. The van der Waals surface area contributed by atoms with Gasteiger partial charge in [0.05, 0.1) is 5.75 Å². The van der Waals surface area contributed by atoms with Crippen molar-refractivity contribution < 1.29 is 8.42 Å². The van der Waals surface area contributed by atoms with Crippen LogP contribution in [0.1, 0.15) is 32.6 Å². The van der Waals surface area contributed by atoms with E-state index in [1.807, 2.05) is 0 Å². The van der Waals surface area contributed by atoms with Crippen LogP contribution in [0, 0.1) is 0 Å². The topological polar surface area (TPSA) is 63.4 Å². The number of nitrogens with two attached hydrogens (primary N) is 1. The maximum absolute atomic E-state index is 11.6. The van der Waals surface area contributed by atoms with E-state index >= 15 is 0 Å². The Balaban J connectivity index is 3.91. The van der Waals surface area contributed by atoms with Gasteiger partial charge in [-0.25, -0.2) is 12.7 Å². The maximum Gasteiger partial charge on any atom is 0.213 e. The number of nitrogens with zero attached hydrogens (tertiary/aromatic N) is 1. The molecule has 14 heavy (non-hydrogen) atoms. The molecule has 0 saturated carbocycles. The molecule has 0 aromatic rings. The molecule has 0 heterocycles. The number of sulfonamides is 1. The summed E-state index contributed by atoms with van der Waals surface area (Å²) in [7, 11) is -1.38. The fraction of sp³-hybridized carbons (Fsp3) is 1.00. The fourth-order valence-electron chi connectivity index (χ4n) is 1.10. The molecule has 0 aliphatic heterocycles. The lowest BCUT2D eigenvalue weighted by Crippen LogP contribution is -2.30. The third kappa shape index (κ3) is 5.57. The summed E-state index contributed by atoms with van der Waals surface area (Å²) in [4.78, 5) is 0. The van der Waals surface area contributed by atoms with Crippen molar-refractivity contribution in [1.29, 1.82) is 0 Å². The summed E-state index contributed by atoms with van der Waals surface area (Å²) < 4.78 is 24.6. The molecule has 0 fully saturated rings. The first-order chi connectivity index (χ1) is 6.54. The summed E-state index contributed by atoms with van der Waals surface area (Å²) in [6, 6.07) is 0. The van der Waals surface area contributed by atoms with Gasteiger partial charge < -0.3 is 5.73 Å². The van der Waals surface area contributed by atoms with Gasteiger partial charge in [-0.05, 0) is 25.8 Å². The Morgan fingerprint density at radius 1 is 1.21 bits per heavy atom. The first-order valence-corrected chi connectivity index (χ1v) is 6.79. The zero-order valence-electron chi connectivity index (χ0n) is 9.20. The van der Waals surface area contributed by atoms with Crippen molar-refractivity contribution in [2.24, 2.45) is 5.73 Å². The molecule has 0 saturated heterocycles. The van der Waals surface area contributed by atoms with E-state index in [-0.39, 0.29) is 5.75 Å². The van der Waals surface area contributed by atoms with Gasteiger partial charge in [-0.15, -0.1) is 0 Å². The summed E-state index contributed by atoms with van der Waals surface area (Å²) in [5, 5.41) is 0. The van der Waals surface area contributed by atoms with Gasteiger partial charge in [0.2, 0.25) is 10.0 Å². The van der Waals surface area contributed by atoms with Crippen molar-refractivity contribution in [2.75, 3.05) is 25.9 Å². The largest absolute Gasteiger partial charge is 0.330 e. The van der Waals surface area contributed by atoms with Crippen molar-refractivity contribution in [3.63, 3.8) is 0 Å². The summed E-state index contributed by atoms with van der Waals surface area (Å²) in [5.74, 6) is 0.227. The van der Waals surface area contributed by atoms with Crippen LogP contribution >= 0.6 is 0 Å². The van der Waals surface area contributed by atoms with Gasteiger partial charge in [0.15, 0.2) is 0 Å². The summed E-state index contributed by atoms with van der Waals surface area (Å²) in [5.41, 5.74) is 5.31. The van der Waals surface area contributed by atoms with E-state index in [0.717, 1.165) is 19.3 Å². The molecule has 0 spiro atoms. The number of hydrogen-bond donors (Lipinski definition) is 1. The van der Waals surface area contributed by atoms with E-state index < -0.39 is 10.0 Å². The summed E-state index contributed by atoms with van der Waals surface area (Å²) >= 11 is 0. The minimum atomic E-state index is -3.03. The number of hydrogen-bond acceptors (Lipinski definition) is 3. The van der Waals surface area contributed by atoms with Crippen LogP contribution < -0.4 is 5.73 Å². The smallest absolute Gasteiger partial charge is 0.213 e. The molecule has 0 aromatic heterocycles. The molecular weight excluding hydrogens is 200 g/mol. The fourth-order valence-corrected chi connectivity index (χ4v) is 2.39. The van der Waals surface area contributed by atoms with Crippen LogP contribution in [0.4, 0.5) is 0 Å². The molecule has 0 radical (unpaired) electrons. The molecule has 0 bridgehead atoms. The molecule has 86 valence electrons. The summed E-state index contributed by atoms with van der Waals surface area (Å²) in [6.07, 6.45) is 3.38. The van der Waals surface area contributed by atoms with Crippen molar-refractivity contribution in [3.05, 3.63) is 0 Å². The van der Waals surface area contributed by atoms with Gasteiger partial charge in [-0.3, -0.25) is 0 Å². The van der Waals surface area contributed by atoms with Crippen LogP contribution in [0.15, 0.2) is 0 Å². The average molecular weight is 222 g/mol. The van der Waals surface area contributed by atoms with Gasteiger partial charge in [0.25, 0.3) is 0 Å². The van der Waals surface area contributed by atoms with Crippen LogP contribution in [-0.2, 0) is 10.0 Å². The van der Waals surface area contributed by atoms with E-state index in [1.54, 1.807) is 7.05 Å². The minimum Gasteiger partial charge on any atom is -0.330 e. The van der Waals surface area contributed by atoms with E-state index in [2.05, 4.69) is 6.92 Å². The quantitative estimate of drug-likeness (QED) is 0.617. The van der Waals surface area contributed by atoms with E-state index in [9.17, 15) is 8.42 Å². The number of rotatable bonds is 8. The highest BCUT2D eigenvalue weighted by molar-refractivity contribution is 7.89. The standard InChI is InChI=1S/C9H22N2O2S/c1-3-4-8-11(2)14(12,13)9-6-5-7-10/h3-10H2,1-2H3. The normalized spacial score (nSPS) is 12.3. The lowest BCUT2D eigenvalue weighted by Gasteiger charge is -2.16. The van der Waals surface area contributed by atoms with Crippen LogP contribution in [0.2, 0.25) is 0 Å². The van der Waals surface area contributed by atoms with Crippen LogP contribution in [0.25, 0.3) is 0 Å². The molecule has 0 unspecified atom stereocenters. The van der Waals surface area contributed by atoms with Gasteiger partial charge >= 0.3 is 0 Å². The van der Waals surface area contributed by atoms with E-state index in [0.29, 0.717) is 19.5 Å². The molecule has 0 aliphatic rings. The predicted octanol–water partition coefficient (Wildman–Crippen LogP) is 0.787. The highest BCUT2D eigenvalue weighted by Crippen LogP contribution is 2.03. The van der Waals surface area contributed by atoms with Gasteiger partial charge in [0.1, 0.15) is 0 Å². The third-order valence-corrected chi connectivity index (χ3v) is 4.09. The van der Waals surface area contributed by atoms with Gasteiger partial charge in [0, 0.05) is 13.6 Å². The number of unbranched alkanes of at least 4 members (excludes halogenated alkanes) is 2. The lowest BCUT2D eigenvalue weighted by molar-refractivity contribution is 0.457. The Kier molecular flexibility index (Phi) is 7.13. The third-order valence-electron chi connectivity index (χ3n) is 2.16. The molecule has 0 aromatic carbocycles. The highest BCUT2D eigenvalue weighted by atomic mass is 32.2. The van der Waals surface area contributed by atoms with Crippen LogP contribution in [0.5, 0.6) is 0 Å². The first kappa shape index (κ1) is 13.9. The molecule has 0 aliphatic carbocycles. The van der Waals surface area contributed by atoms with Crippen LogP contribution in [0.3, 0.4) is 0 Å². The zero-order valence-corrected chi connectivity index (χ0v) is 10.0. The Morgan fingerprint density at radius 3 is 2.36 bits per heavy atom. The second-order valence-electron chi connectivity index (χ2n) is 3.49. The minimum absolute atomic E-state index is 0.227. The Hall–Kier alpha value is -0.130. The monoisotopic (exact) mass is 222 g/mol. The zero-order chi connectivity index (χ0) is 11.0. The Labute approximate surface area is 87.5 Å². The molecule has 4 nitrogen and oxygen atoms in total. The molecule has 0 rings (SSSR count). The Bertz CT molecular complexity index is 227. The first-order valence-electron chi connectivity index (χ1n) is 5.18. The second-order valence-corrected chi connectivity index (χ2v) is 5.68. The van der Waals surface area contributed by atoms with E-state index in [1.165, 1.54) is 4.31 Å². The van der Waals surface area contributed by atoms with Crippen LogP contribution in [-0.4, -0.2) is 38.6 Å². The molecule has 0 amide bonds. The maximum atomic E-state index is 11.6. The second kappa shape index (κ2) is 7.20. The van der Waals surface area contributed by atoms with Gasteiger partial charge in [-0.2, -0.15) is 0 Å². The molecular formula is C9H22N2O2S. The van der Waals surface area contributed by atoms with Crippen molar-refractivity contribution >= 4 is 10.0 Å². The molecule has 5 heteroatoms. The summed E-state index contributed by atoms with van der Waals surface area (Å²) in [6.45, 7) is 3.24. The van der Waals surface area contributed by atoms with E-state index in [4.69, 9.17) is 5.73 Å². The van der Waals surface area contributed by atoms with Crippen molar-refractivity contribution in [2.45, 2.75) is 32.6 Å². The molecule has 2 N–H and O–H groups in total. The van der Waals surface area contributed by atoms with Crippen molar-refractivity contribution in [3.8, 4) is 0 Å². The highest BCUT2D eigenvalue weighted by Gasteiger charge is 2.15. The average Bonchev–Trinajstić information content (AvgIpc) is 2.14.